The number of para-hydroxylation sites is 1. The number of hydrogen-bond acceptors (Lipinski definition) is 2. The third-order valence-corrected chi connectivity index (χ3v) is 2.38. The molecule has 0 unspecified atom stereocenters. The Kier molecular flexibility index (Phi) is 5.20. The lowest BCUT2D eigenvalue weighted by molar-refractivity contribution is -0.138. The summed E-state index contributed by atoms with van der Waals surface area (Å²) >= 11 is 0. The van der Waals surface area contributed by atoms with E-state index in [1.165, 1.54) is 0 Å². The van der Waals surface area contributed by atoms with E-state index in [4.69, 9.17) is 5.11 Å². The number of rotatable bonds is 6. The molecular formula is C13H17NO3. The van der Waals surface area contributed by atoms with Crippen LogP contribution in [0.4, 0.5) is 5.69 Å². The topological polar surface area (TPSA) is 66.4 Å². The Morgan fingerprint density at radius 1 is 1.24 bits per heavy atom. The van der Waals surface area contributed by atoms with Gasteiger partial charge in [0.25, 0.3) is 0 Å². The van der Waals surface area contributed by atoms with E-state index in [2.05, 4.69) is 12.2 Å². The summed E-state index contributed by atoms with van der Waals surface area (Å²) in [4.78, 5) is 21.8. The predicted octanol–water partition coefficient (Wildman–Crippen LogP) is 2.44. The van der Waals surface area contributed by atoms with E-state index in [-0.39, 0.29) is 18.7 Å². The van der Waals surface area contributed by atoms with Crippen LogP contribution in [0.3, 0.4) is 0 Å². The van der Waals surface area contributed by atoms with Gasteiger partial charge in [0.2, 0.25) is 5.91 Å². The SMILES string of the molecule is CCCc1ccccc1NC(=O)CCC(=O)O. The molecular weight excluding hydrogens is 218 g/mol. The Morgan fingerprint density at radius 3 is 2.59 bits per heavy atom. The normalized spacial score (nSPS) is 9.94. The zero-order valence-corrected chi connectivity index (χ0v) is 9.90. The molecule has 0 bridgehead atoms. The van der Waals surface area contributed by atoms with Gasteiger partial charge in [-0.15, -0.1) is 0 Å². The molecule has 4 heteroatoms. The minimum absolute atomic E-state index is 0.00971. The van der Waals surface area contributed by atoms with E-state index in [1.54, 1.807) is 0 Å². The number of carboxylic acids is 1. The van der Waals surface area contributed by atoms with Gasteiger partial charge in [0.15, 0.2) is 0 Å². The van der Waals surface area contributed by atoms with E-state index in [0.717, 1.165) is 24.1 Å². The van der Waals surface area contributed by atoms with Gasteiger partial charge in [-0.1, -0.05) is 31.5 Å². The first-order chi connectivity index (χ1) is 8.13. The molecule has 2 N–H and O–H groups in total. The zero-order valence-electron chi connectivity index (χ0n) is 9.90. The highest BCUT2D eigenvalue weighted by atomic mass is 16.4. The zero-order chi connectivity index (χ0) is 12.7. The number of carboxylic acid groups (broad SMARTS) is 1. The average molecular weight is 235 g/mol. The van der Waals surface area contributed by atoms with Crippen molar-refractivity contribution in [3.05, 3.63) is 29.8 Å². The van der Waals surface area contributed by atoms with Gasteiger partial charge < -0.3 is 10.4 Å². The number of benzene rings is 1. The first-order valence-corrected chi connectivity index (χ1v) is 5.73. The molecule has 0 saturated carbocycles. The highest BCUT2D eigenvalue weighted by molar-refractivity contribution is 5.93. The highest BCUT2D eigenvalue weighted by Crippen LogP contribution is 2.17. The molecule has 1 aromatic rings. The van der Waals surface area contributed by atoms with E-state index >= 15 is 0 Å². The van der Waals surface area contributed by atoms with Crippen LogP contribution < -0.4 is 5.32 Å². The standard InChI is InChI=1S/C13H17NO3/c1-2-5-10-6-3-4-7-11(10)14-12(15)8-9-13(16)17/h3-4,6-7H,2,5,8-9H2,1H3,(H,14,15)(H,16,17). The molecule has 1 rings (SSSR count). The van der Waals surface area contributed by atoms with Crippen molar-refractivity contribution in [2.75, 3.05) is 5.32 Å². The number of aryl methyl sites for hydroxylation is 1. The van der Waals surface area contributed by atoms with Crippen LogP contribution in [0, 0.1) is 0 Å². The predicted molar refractivity (Wildman–Crippen MR) is 65.9 cm³/mol. The quantitative estimate of drug-likeness (QED) is 0.795. The molecule has 0 spiro atoms. The summed E-state index contributed by atoms with van der Waals surface area (Å²) < 4.78 is 0. The van der Waals surface area contributed by atoms with Gasteiger partial charge in [0, 0.05) is 12.1 Å². The van der Waals surface area contributed by atoms with E-state index in [1.807, 2.05) is 24.3 Å². The van der Waals surface area contributed by atoms with Crippen molar-refractivity contribution in [2.24, 2.45) is 0 Å². The van der Waals surface area contributed by atoms with Crippen LogP contribution in [0.5, 0.6) is 0 Å². The molecule has 0 atom stereocenters. The van der Waals surface area contributed by atoms with Crippen LogP contribution in [-0.4, -0.2) is 17.0 Å². The van der Waals surface area contributed by atoms with Gasteiger partial charge in [-0.2, -0.15) is 0 Å². The van der Waals surface area contributed by atoms with Gasteiger partial charge in [-0.3, -0.25) is 9.59 Å². The fraction of sp³-hybridized carbons (Fsp3) is 0.385. The van der Waals surface area contributed by atoms with Gasteiger partial charge in [-0.05, 0) is 18.1 Å². The fourth-order valence-corrected chi connectivity index (χ4v) is 1.56. The molecule has 92 valence electrons. The molecule has 17 heavy (non-hydrogen) atoms. The molecule has 0 aliphatic heterocycles. The van der Waals surface area contributed by atoms with Crippen molar-refractivity contribution >= 4 is 17.6 Å². The molecule has 0 aliphatic carbocycles. The molecule has 4 nitrogen and oxygen atoms in total. The third-order valence-electron chi connectivity index (χ3n) is 2.38. The Hall–Kier alpha value is -1.84. The Labute approximate surface area is 101 Å². The van der Waals surface area contributed by atoms with Crippen molar-refractivity contribution in [1.29, 1.82) is 0 Å². The summed E-state index contributed by atoms with van der Waals surface area (Å²) in [5, 5.41) is 11.2. The van der Waals surface area contributed by atoms with Gasteiger partial charge >= 0.3 is 5.97 Å². The minimum atomic E-state index is -0.956. The van der Waals surface area contributed by atoms with Crippen LogP contribution in [0.25, 0.3) is 0 Å². The maximum atomic E-state index is 11.5. The average Bonchev–Trinajstić information content (AvgIpc) is 2.29. The second kappa shape index (κ2) is 6.68. The summed E-state index contributed by atoms with van der Waals surface area (Å²) in [6.45, 7) is 2.07. The summed E-state index contributed by atoms with van der Waals surface area (Å²) in [6.07, 6.45) is 1.77. The number of carbonyl (C=O) groups excluding carboxylic acids is 1. The molecule has 0 radical (unpaired) electrons. The van der Waals surface area contributed by atoms with Crippen LogP contribution in [0.1, 0.15) is 31.7 Å². The second-order valence-electron chi connectivity index (χ2n) is 3.85. The number of carbonyl (C=O) groups is 2. The summed E-state index contributed by atoms with van der Waals surface area (Å²) in [5.41, 5.74) is 1.86. The maximum absolute atomic E-state index is 11.5. The van der Waals surface area contributed by atoms with Crippen LogP contribution in [0.15, 0.2) is 24.3 Å². The Bertz CT molecular complexity index is 401. The second-order valence-corrected chi connectivity index (χ2v) is 3.85. The summed E-state index contributed by atoms with van der Waals surface area (Å²) in [7, 11) is 0. The monoisotopic (exact) mass is 235 g/mol. The Balaban J connectivity index is 2.61. The van der Waals surface area contributed by atoms with E-state index in [9.17, 15) is 9.59 Å². The molecule has 1 amide bonds. The van der Waals surface area contributed by atoms with Crippen molar-refractivity contribution in [1.82, 2.24) is 0 Å². The molecule has 1 aromatic carbocycles. The number of nitrogens with one attached hydrogen (secondary N) is 1. The molecule has 0 heterocycles. The van der Waals surface area contributed by atoms with Crippen molar-refractivity contribution in [3.8, 4) is 0 Å². The lowest BCUT2D eigenvalue weighted by Crippen LogP contribution is -2.14. The first-order valence-electron chi connectivity index (χ1n) is 5.73. The van der Waals surface area contributed by atoms with Crippen molar-refractivity contribution in [2.45, 2.75) is 32.6 Å². The van der Waals surface area contributed by atoms with Gasteiger partial charge in [-0.25, -0.2) is 0 Å². The summed E-state index contributed by atoms with van der Waals surface area (Å²) in [6, 6.07) is 7.59. The fourth-order valence-electron chi connectivity index (χ4n) is 1.56. The largest absolute Gasteiger partial charge is 0.481 e. The maximum Gasteiger partial charge on any atom is 0.303 e. The minimum Gasteiger partial charge on any atom is -0.481 e. The highest BCUT2D eigenvalue weighted by Gasteiger charge is 2.07. The molecule has 0 aromatic heterocycles. The first kappa shape index (κ1) is 13.2. The van der Waals surface area contributed by atoms with Crippen LogP contribution in [-0.2, 0) is 16.0 Å². The number of aliphatic carboxylic acids is 1. The number of amides is 1. The third kappa shape index (κ3) is 4.68. The van der Waals surface area contributed by atoms with E-state index in [0.29, 0.717) is 0 Å². The molecule has 0 aliphatic rings. The molecule has 0 saturated heterocycles. The van der Waals surface area contributed by atoms with Crippen LogP contribution in [0.2, 0.25) is 0 Å². The Morgan fingerprint density at radius 2 is 1.94 bits per heavy atom. The number of anilines is 1. The lowest BCUT2D eigenvalue weighted by atomic mass is 10.1. The summed E-state index contributed by atoms with van der Waals surface area (Å²) in [5.74, 6) is -1.21. The van der Waals surface area contributed by atoms with Crippen LogP contribution >= 0.6 is 0 Å². The van der Waals surface area contributed by atoms with E-state index < -0.39 is 5.97 Å². The molecule has 0 fully saturated rings. The van der Waals surface area contributed by atoms with Gasteiger partial charge in [0.05, 0.1) is 6.42 Å². The van der Waals surface area contributed by atoms with Crippen molar-refractivity contribution < 1.29 is 14.7 Å². The lowest BCUT2D eigenvalue weighted by Gasteiger charge is -2.09. The number of hydrogen-bond donors (Lipinski definition) is 2. The van der Waals surface area contributed by atoms with Crippen molar-refractivity contribution in [3.63, 3.8) is 0 Å². The van der Waals surface area contributed by atoms with Gasteiger partial charge in [0.1, 0.15) is 0 Å². The smallest absolute Gasteiger partial charge is 0.303 e.